The molecule has 12 heteroatoms. The largest absolute Gasteiger partial charge is 0.481 e. The first-order valence-electron chi connectivity index (χ1n) is 14.1. The number of carbonyl (C=O) groups is 3. The molecule has 2 N–H and O–H groups in total. The number of carboxylic acids is 1. The van der Waals surface area contributed by atoms with Crippen LogP contribution in [-0.2, 0) is 32.5 Å². The molecule has 3 aromatic rings. The Bertz CT molecular complexity index is 1490. The molecule has 2 aromatic carbocycles. The second-order valence-electron chi connectivity index (χ2n) is 11.2. The molecular weight excluding hydrogens is 600 g/mol. The molecule has 9 nitrogen and oxygen atoms in total. The summed E-state index contributed by atoms with van der Waals surface area (Å²) in [4.78, 5) is 39.6. The Morgan fingerprint density at radius 1 is 1.05 bits per heavy atom. The van der Waals surface area contributed by atoms with Crippen LogP contribution < -0.4 is 5.32 Å². The zero-order chi connectivity index (χ0) is 30.0. The van der Waals surface area contributed by atoms with Crippen molar-refractivity contribution in [2.45, 2.75) is 56.8 Å². The van der Waals surface area contributed by atoms with Crippen molar-refractivity contribution >= 4 is 57.6 Å². The zero-order valence-electron chi connectivity index (χ0n) is 24.1. The molecule has 1 aliphatic carbocycles. The van der Waals surface area contributed by atoms with Gasteiger partial charge in [0, 0.05) is 42.8 Å². The van der Waals surface area contributed by atoms with Gasteiger partial charge in [-0.05, 0) is 55.9 Å². The predicted molar refractivity (Wildman–Crippen MR) is 164 cm³/mol. The number of nitrogens with one attached hydrogen (secondary N) is 1. The van der Waals surface area contributed by atoms with E-state index in [4.69, 9.17) is 32.7 Å². The number of methoxy groups -OCH3 is 1. The highest BCUT2D eigenvalue weighted by molar-refractivity contribution is 6.36. The average Bonchev–Trinajstić information content (AvgIpc) is 3.56. The lowest BCUT2D eigenvalue weighted by molar-refractivity contribution is -0.144. The summed E-state index contributed by atoms with van der Waals surface area (Å²) in [5, 5.41) is 13.5. The van der Waals surface area contributed by atoms with Gasteiger partial charge in [0.2, 0.25) is 5.91 Å². The number of aliphatic carboxylic acids is 1. The quantitative estimate of drug-likeness (QED) is 0.312. The summed E-state index contributed by atoms with van der Waals surface area (Å²) in [5.41, 5.74) is 2.37. The standard InChI is InChI=1S/C31H35Cl2N3O6.FH/c1-35-16-24(23-5-3-4-6-28(23)35)30(38)34-27-14-25(32)19(11-26(27)33)12-29(37)36-15-22(41-2)13-20(36)17-42-21-9-7-18(8-10-21)31(39)40;/h3-6,11,14,16,18,20-22H,7-10,12-13,15,17H2,1-2H3,(H,34,38)(H,39,40);1H/t18?,20-,21?,22-;/m0./s1. The van der Waals surface area contributed by atoms with Crippen LogP contribution in [-0.4, -0.2) is 70.9 Å². The molecule has 0 bridgehead atoms. The molecule has 43 heavy (non-hydrogen) atoms. The molecule has 2 fully saturated rings. The first-order valence-corrected chi connectivity index (χ1v) is 14.9. The Balaban J connectivity index is 0.00000423. The molecule has 2 amide bonds. The van der Waals surface area contributed by atoms with Crippen molar-refractivity contribution in [1.29, 1.82) is 0 Å². The number of nitrogens with zero attached hydrogens (tertiary/aromatic N) is 2. The maximum Gasteiger partial charge on any atom is 0.306 e. The first kappa shape index (κ1) is 32.7. The van der Waals surface area contributed by atoms with Crippen LogP contribution in [0.5, 0.6) is 0 Å². The number of halogens is 3. The van der Waals surface area contributed by atoms with E-state index in [1.54, 1.807) is 30.3 Å². The van der Waals surface area contributed by atoms with Crippen molar-refractivity contribution < 1.29 is 33.7 Å². The number of aryl methyl sites for hydroxylation is 1. The van der Waals surface area contributed by atoms with E-state index in [-0.39, 0.29) is 52.1 Å². The van der Waals surface area contributed by atoms with E-state index in [1.165, 1.54) is 0 Å². The Morgan fingerprint density at radius 3 is 2.47 bits per heavy atom. The Morgan fingerprint density at radius 2 is 1.77 bits per heavy atom. The number of carbonyl (C=O) groups excluding carboxylic acids is 2. The molecule has 1 aliphatic heterocycles. The Hall–Kier alpha value is -3.18. The lowest BCUT2D eigenvalue weighted by Crippen LogP contribution is -2.40. The van der Waals surface area contributed by atoms with Crippen molar-refractivity contribution in [2.75, 3.05) is 25.6 Å². The van der Waals surface area contributed by atoms with Gasteiger partial charge in [-0.3, -0.25) is 19.1 Å². The molecule has 0 unspecified atom stereocenters. The maximum atomic E-state index is 13.5. The highest BCUT2D eigenvalue weighted by Crippen LogP contribution is 2.33. The summed E-state index contributed by atoms with van der Waals surface area (Å²) in [6.45, 7) is 0.807. The number of amides is 2. The minimum absolute atomic E-state index is 0. The summed E-state index contributed by atoms with van der Waals surface area (Å²) >= 11 is 13.2. The van der Waals surface area contributed by atoms with Crippen molar-refractivity contribution in [2.24, 2.45) is 13.0 Å². The second kappa shape index (κ2) is 14.1. The normalized spacial score (nSPS) is 21.9. The van der Waals surface area contributed by atoms with E-state index in [1.807, 2.05) is 35.9 Å². The van der Waals surface area contributed by atoms with Crippen molar-refractivity contribution in [3.8, 4) is 0 Å². The van der Waals surface area contributed by atoms with E-state index >= 15 is 0 Å². The summed E-state index contributed by atoms with van der Waals surface area (Å²) in [7, 11) is 3.51. The summed E-state index contributed by atoms with van der Waals surface area (Å²) in [5.74, 6) is -1.48. The van der Waals surface area contributed by atoms with Gasteiger partial charge in [0.15, 0.2) is 0 Å². The average molecular weight is 637 g/mol. The summed E-state index contributed by atoms with van der Waals surface area (Å²) < 4.78 is 13.6. The number of anilines is 1. The number of hydrogen-bond acceptors (Lipinski definition) is 5. The monoisotopic (exact) mass is 635 g/mol. The minimum atomic E-state index is -0.747. The molecule has 1 saturated heterocycles. The number of ether oxygens (including phenoxy) is 2. The minimum Gasteiger partial charge on any atom is -0.481 e. The number of likely N-dealkylation sites (tertiary alicyclic amines) is 1. The van der Waals surface area contributed by atoms with Crippen LogP contribution in [0.2, 0.25) is 10.0 Å². The number of carboxylic acid groups (broad SMARTS) is 1. The molecule has 232 valence electrons. The lowest BCUT2D eigenvalue weighted by atomic mass is 9.87. The molecule has 2 heterocycles. The SMILES string of the molecule is CO[C@H]1C[C@@H](COC2CCC(C(=O)O)CC2)N(C(=O)Cc2cc(Cl)c(NC(=O)c3cn(C)c4ccccc34)cc2Cl)C1.F. The highest BCUT2D eigenvalue weighted by atomic mass is 35.5. The fraction of sp³-hybridized carbons (Fsp3) is 0.452. The third kappa shape index (κ3) is 7.32. The lowest BCUT2D eigenvalue weighted by Gasteiger charge is -2.30. The predicted octanol–water partition coefficient (Wildman–Crippen LogP) is 5.71. The van der Waals surface area contributed by atoms with Gasteiger partial charge in [-0.2, -0.15) is 0 Å². The van der Waals surface area contributed by atoms with Gasteiger partial charge in [-0.25, -0.2) is 0 Å². The second-order valence-corrected chi connectivity index (χ2v) is 12.0. The third-order valence-electron chi connectivity index (χ3n) is 8.45. The number of rotatable bonds is 9. The highest BCUT2D eigenvalue weighted by Gasteiger charge is 2.36. The van der Waals surface area contributed by atoms with Gasteiger partial charge in [0.05, 0.1) is 53.5 Å². The number of fused-ring (bicyclic) bond motifs is 1. The third-order valence-corrected chi connectivity index (χ3v) is 9.11. The number of hydrogen-bond donors (Lipinski definition) is 2. The van der Waals surface area contributed by atoms with E-state index in [0.717, 1.165) is 10.9 Å². The zero-order valence-corrected chi connectivity index (χ0v) is 25.6. The number of aromatic nitrogens is 1. The van der Waals surface area contributed by atoms with Crippen LogP contribution in [0.3, 0.4) is 0 Å². The van der Waals surface area contributed by atoms with E-state index in [9.17, 15) is 19.5 Å². The van der Waals surface area contributed by atoms with Gasteiger partial charge in [-0.1, -0.05) is 41.4 Å². The first-order chi connectivity index (χ1) is 20.1. The topological polar surface area (TPSA) is 110 Å². The fourth-order valence-corrected chi connectivity index (χ4v) is 6.49. The fourth-order valence-electron chi connectivity index (χ4n) is 6.03. The van der Waals surface area contributed by atoms with Gasteiger partial charge >= 0.3 is 5.97 Å². The van der Waals surface area contributed by atoms with E-state index in [0.29, 0.717) is 67.1 Å². The molecule has 2 aliphatic rings. The summed E-state index contributed by atoms with van der Waals surface area (Å²) in [6, 6.07) is 10.7. The number of benzene rings is 2. The maximum absolute atomic E-state index is 13.5. The molecular formula is C31H36Cl2FN3O6. The molecule has 2 atom stereocenters. The molecule has 1 saturated carbocycles. The van der Waals surface area contributed by atoms with Crippen LogP contribution in [0.25, 0.3) is 10.9 Å². The van der Waals surface area contributed by atoms with Gasteiger partial charge in [0.1, 0.15) is 0 Å². The van der Waals surface area contributed by atoms with Crippen molar-refractivity contribution in [3.05, 3.63) is 63.8 Å². The number of para-hydroxylation sites is 1. The van der Waals surface area contributed by atoms with Crippen LogP contribution in [0.4, 0.5) is 10.4 Å². The Labute approximate surface area is 259 Å². The van der Waals surface area contributed by atoms with Crippen LogP contribution in [0, 0.1) is 5.92 Å². The summed E-state index contributed by atoms with van der Waals surface area (Å²) in [6.07, 6.45) is 4.95. The van der Waals surface area contributed by atoms with Crippen LogP contribution in [0.15, 0.2) is 42.6 Å². The van der Waals surface area contributed by atoms with E-state index < -0.39 is 5.97 Å². The molecule has 5 rings (SSSR count). The molecule has 0 radical (unpaired) electrons. The van der Waals surface area contributed by atoms with Crippen molar-refractivity contribution in [1.82, 2.24) is 9.47 Å². The van der Waals surface area contributed by atoms with Crippen LogP contribution >= 0.6 is 23.2 Å². The van der Waals surface area contributed by atoms with Gasteiger partial charge < -0.3 is 29.4 Å². The molecule has 1 aromatic heterocycles. The van der Waals surface area contributed by atoms with Crippen LogP contribution in [0.1, 0.15) is 48.0 Å². The van der Waals surface area contributed by atoms with E-state index in [2.05, 4.69) is 5.32 Å². The van der Waals surface area contributed by atoms with Gasteiger partial charge in [0.25, 0.3) is 5.91 Å². The van der Waals surface area contributed by atoms with Crippen molar-refractivity contribution in [3.63, 3.8) is 0 Å². The smallest absolute Gasteiger partial charge is 0.306 e. The van der Waals surface area contributed by atoms with Gasteiger partial charge in [-0.15, -0.1) is 0 Å². The Kier molecular flexibility index (Phi) is 10.7. The molecule has 0 spiro atoms.